The molecule has 7 heteroatoms. The Morgan fingerprint density at radius 1 is 1.06 bits per heavy atom. The minimum Gasteiger partial charge on any atom is -0.323 e. The highest BCUT2D eigenvalue weighted by Gasteiger charge is 2.39. The van der Waals surface area contributed by atoms with Gasteiger partial charge in [0.2, 0.25) is 11.8 Å². The number of nitrogens with one attached hydrogen (secondary N) is 2. The van der Waals surface area contributed by atoms with Gasteiger partial charge in [0.15, 0.2) is 0 Å². The van der Waals surface area contributed by atoms with Crippen LogP contribution in [0.2, 0.25) is 0 Å². The lowest BCUT2D eigenvalue weighted by molar-refractivity contribution is -0.136. The van der Waals surface area contributed by atoms with Crippen LogP contribution in [0, 0.1) is 0 Å². The third-order valence-corrected chi connectivity index (χ3v) is 6.60. The number of carbonyl (C=O) groups excluding carboxylic acids is 3. The van der Waals surface area contributed by atoms with E-state index in [2.05, 4.69) is 34.9 Å². The van der Waals surface area contributed by atoms with Crippen molar-refractivity contribution in [1.29, 1.82) is 0 Å². The number of carbonyl (C=O) groups is 3. The predicted molar refractivity (Wildman–Crippen MR) is 115 cm³/mol. The molecule has 1 atom stereocenters. The molecule has 0 spiro atoms. The molecular formula is C24H26N4O3. The Bertz CT molecular complexity index is 1060. The zero-order valence-corrected chi connectivity index (χ0v) is 17.3. The monoisotopic (exact) mass is 418 g/mol. The van der Waals surface area contributed by atoms with E-state index in [9.17, 15) is 14.4 Å². The summed E-state index contributed by atoms with van der Waals surface area (Å²) in [5.41, 5.74) is 11.6. The van der Waals surface area contributed by atoms with E-state index in [1.807, 2.05) is 18.2 Å². The molecule has 160 valence electrons. The number of nitrogens with zero attached hydrogens (tertiary/aromatic N) is 1. The number of amides is 3. The maximum absolute atomic E-state index is 12.8. The molecule has 0 radical (unpaired) electrons. The second-order valence-corrected chi connectivity index (χ2v) is 8.98. The lowest BCUT2D eigenvalue weighted by Gasteiger charge is -2.29. The van der Waals surface area contributed by atoms with E-state index in [1.54, 1.807) is 4.90 Å². The van der Waals surface area contributed by atoms with Crippen LogP contribution in [0.4, 0.5) is 0 Å². The van der Waals surface area contributed by atoms with Crippen LogP contribution in [0.25, 0.3) is 0 Å². The van der Waals surface area contributed by atoms with E-state index in [0.29, 0.717) is 31.6 Å². The zero-order chi connectivity index (χ0) is 21.6. The molecule has 2 aromatic rings. The number of rotatable bonds is 5. The van der Waals surface area contributed by atoms with Crippen molar-refractivity contribution in [1.82, 2.24) is 15.5 Å². The minimum absolute atomic E-state index is 0.145. The average molecular weight is 418 g/mol. The van der Waals surface area contributed by atoms with Crippen molar-refractivity contribution >= 4 is 17.7 Å². The van der Waals surface area contributed by atoms with Crippen LogP contribution < -0.4 is 16.4 Å². The number of hydrogen-bond donors (Lipinski definition) is 3. The number of piperidine rings is 1. The van der Waals surface area contributed by atoms with Crippen LogP contribution in [-0.2, 0) is 35.5 Å². The largest absolute Gasteiger partial charge is 0.323 e. The molecule has 2 aromatic carbocycles. The molecule has 0 bridgehead atoms. The summed E-state index contributed by atoms with van der Waals surface area (Å²) >= 11 is 0. The number of benzene rings is 2. The van der Waals surface area contributed by atoms with Crippen molar-refractivity contribution in [2.45, 2.75) is 50.4 Å². The Hall–Kier alpha value is -3.03. The second kappa shape index (κ2) is 7.59. The maximum Gasteiger partial charge on any atom is 0.255 e. The van der Waals surface area contributed by atoms with E-state index in [0.717, 1.165) is 24.0 Å². The Balaban J connectivity index is 1.21. The predicted octanol–water partition coefficient (Wildman–Crippen LogP) is 1.03. The minimum atomic E-state index is -0.583. The Morgan fingerprint density at radius 3 is 2.52 bits per heavy atom. The lowest BCUT2D eigenvalue weighted by Crippen LogP contribution is -2.52. The maximum atomic E-state index is 12.8. The van der Waals surface area contributed by atoms with Gasteiger partial charge in [-0.15, -0.1) is 0 Å². The van der Waals surface area contributed by atoms with Crippen LogP contribution in [0.15, 0.2) is 42.5 Å². The van der Waals surface area contributed by atoms with Gasteiger partial charge in [0.1, 0.15) is 6.04 Å². The van der Waals surface area contributed by atoms with Gasteiger partial charge in [-0.25, -0.2) is 0 Å². The van der Waals surface area contributed by atoms with Crippen LogP contribution in [0.5, 0.6) is 0 Å². The molecule has 3 aliphatic rings. The van der Waals surface area contributed by atoms with Crippen LogP contribution in [0.1, 0.15) is 45.5 Å². The molecule has 2 aliphatic heterocycles. The van der Waals surface area contributed by atoms with Crippen molar-refractivity contribution in [3.05, 3.63) is 70.3 Å². The van der Waals surface area contributed by atoms with Gasteiger partial charge in [-0.05, 0) is 47.6 Å². The summed E-state index contributed by atoms with van der Waals surface area (Å²) in [5, 5.41) is 5.82. The van der Waals surface area contributed by atoms with Gasteiger partial charge < -0.3 is 16.0 Å². The highest BCUT2D eigenvalue weighted by molar-refractivity contribution is 6.05. The Labute approximate surface area is 181 Å². The first-order valence-corrected chi connectivity index (χ1v) is 10.7. The fourth-order valence-electron chi connectivity index (χ4n) is 5.04. The van der Waals surface area contributed by atoms with Crippen LogP contribution in [-0.4, -0.2) is 40.7 Å². The van der Waals surface area contributed by atoms with Crippen molar-refractivity contribution < 1.29 is 14.4 Å². The topological polar surface area (TPSA) is 105 Å². The molecule has 5 rings (SSSR count). The third kappa shape index (κ3) is 3.75. The van der Waals surface area contributed by atoms with Gasteiger partial charge >= 0.3 is 0 Å². The molecular weight excluding hydrogens is 392 g/mol. The summed E-state index contributed by atoms with van der Waals surface area (Å²) < 4.78 is 0. The van der Waals surface area contributed by atoms with E-state index in [1.165, 1.54) is 11.1 Å². The zero-order valence-electron chi connectivity index (χ0n) is 17.3. The molecule has 1 fully saturated rings. The quantitative estimate of drug-likeness (QED) is 0.630. The Kier molecular flexibility index (Phi) is 4.87. The van der Waals surface area contributed by atoms with Gasteiger partial charge in [0.05, 0.1) is 0 Å². The van der Waals surface area contributed by atoms with Gasteiger partial charge in [-0.3, -0.25) is 19.7 Å². The smallest absolute Gasteiger partial charge is 0.255 e. The van der Waals surface area contributed by atoms with Gasteiger partial charge in [-0.1, -0.05) is 36.4 Å². The summed E-state index contributed by atoms with van der Waals surface area (Å²) in [6, 6.07) is 13.6. The molecule has 0 aromatic heterocycles. The van der Waals surface area contributed by atoms with Crippen molar-refractivity contribution in [2.75, 3.05) is 6.54 Å². The third-order valence-electron chi connectivity index (χ3n) is 6.60. The molecule has 3 amide bonds. The number of imide groups is 1. The molecule has 2 heterocycles. The summed E-state index contributed by atoms with van der Waals surface area (Å²) in [5.74, 6) is -0.805. The highest BCUT2D eigenvalue weighted by Crippen LogP contribution is 2.29. The van der Waals surface area contributed by atoms with Crippen molar-refractivity contribution in [3.8, 4) is 0 Å². The van der Waals surface area contributed by atoms with E-state index in [-0.39, 0.29) is 29.7 Å². The molecule has 1 aliphatic carbocycles. The molecule has 1 saturated heterocycles. The average Bonchev–Trinajstić information content (AvgIpc) is 3.24. The second-order valence-electron chi connectivity index (χ2n) is 8.98. The molecule has 0 saturated carbocycles. The van der Waals surface area contributed by atoms with Crippen molar-refractivity contribution in [3.63, 3.8) is 0 Å². The fourth-order valence-corrected chi connectivity index (χ4v) is 5.04. The van der Waals surface area contributed by atoms with Crippen LogP contribution in [0.3, 0.4) is 0 Å². The SMILES string of the molecule is NC1(CNCc2ccc3c(c2)CN(C2CCC(=O)NC2=O)C3=O)Cc2ccccc2C1. The summed E-state index contributed by atoms with van der Waals surface area (Å²) in [6.45, 7) is 1.76. The molecule has 31 heavy (non-hydrogen) atoms. The fraction of sp³-hybridized carbons (Fsp3) is 0.375. The van der Waals surface area contributed by atoms with Crippen LogP contribution >= 0.6 is 0 Å². The van der Waals surface area contributed by atoms with Gasteiger partial charge in [0, 0.05) is 37.2 Å². The summed E-state index contributed by atoms with van der Waals surface area (Å²) in [4.78, 5) is 38.0. The summed E-state index contributed by atoms with van der Waals surface area (Å²) in [7, 11) is 0. The molecule has 7 nitrogen and oxygen atoms in total. The Morgan fingerprint density at radius 2 is 1.81 bits per heavy atom. The van der Waals surface area contributed by atoms with Gasteiger partial charge in [0.25, 0.3) is 5.91 Å². The van der Waals surface area contributed by atoms with Gasteiger partial charge in [-0.2, -0.15) is 0 Å². The molecule has 1 unspecified atom stereocenters. The number of nitrogens with two attached hydrogens (primary N) is 1. The van der Waals surface area contributed by atoms with E-state index < -0.39 is 6.04 Å². The van der Waals surface area contributed by atoms with Crippen molar-refractivity contribution in [2.24, 2.45) is 5.73 Å². The summed E-state index contributed by atoms with van der Waals surface area (Å²) in [6.07, 6.45) is 2.38. The first kappa shape index (κ1) is 19.9. The normalized spacial score (nSPS) is 21.8. The lowest BCUT2D eigenvalue weighted by atomic mass is 9.97. The molecule has 4 N–H and O–H groups in total. The first-order valence-electron chi connectivity index (χ1n) is 10.7. The number of fused-ring (bicyclic) bond motifs is 2. The highest BCUT2D eigenvalue weighted by atomic mass is 16.2. The van der Waals surface area contributed by atoms with E-state index in [4.69, 9.17) is 5.73 Å². The standard InChI is InChI=1S/C24H26N4O3/c25-24(10-16-3-1-2-4-17(16)11-24)14-26-12-15-5-6-19-18(9-15)13-28(23(19)31)20-7-8-21(29)27-22(20)30/h1-6,9,20,26H,7-8,10-14,25H2,(H,27,29,30). The first-order chi connectivity index (χ1) is 14.9. The van der Waals surface area contributed by atoms with E-state index >= 15 is 0 Å². The number of hydrogen-bond acceptors (Lipinski definition) is 5.